The van der Waals surface area contributed by atoms with Crippen LogP contribution in [0.5, 0.6) is 0 Å². The molecule has 90 valence electrons. The highest BCUT2D eigenvalue weighted by molar-refractivity contribution is 9.10. The minimum absolute atomic E-state index is 0. The zero-order valence-electron chi connectivity index (χ0n) is 9.45. The molecule has 0 saturated carbocycles. The maximum atomic E-state index is 3.60. The fourth-order valence-corrected chi connectivity index (χ4v) is 2.37. The molecular formula is C12H18BrClN2. The van der Waals surface area contributed by atoms with Crippen LogP contribution in [0.1, 0.15) is 12.5 Å². The van der Waals surface area contributed by atoms with Crippen molar-refractivity contribution in [1.82, 2.24) is 10.2 Å². The zero-order chi connectivity index (χ0) is 10.7. The zero-order valence-corrected chi connectivity index (χ0v) is 11.9. The van der Waals surface area contributed by atoms with Crippen LogP contribution < -0.4 is 5.32 Å². The van der Waals surface area contributed by atoms with Crippen molar-refractivity contribution in [3.8, 4) is 0 Å². The van der Waals surface area contributed by atoms with E-state index in [2.05, 4.69) is 57.3 Å². The Morgan fingerprint density at radius 3 is 2.88 bits per heavy atom. The number of piperazine rings is 1. The van der Waals surface area contributed by atoms with Gasteiger partial charge in [-0.3, -0.25) is 4.90 Å². The molecule has 1 aliphatic rings. The van der Waals surface area contributed by atoms with Gasteiger partial charge < -0.3 is 5.32 Å². The van der Waals surface area contributed by atoms with Gasteiger partial charge in [0.2, 0.25) is 0 Å². The first-order valence-electron chi connectivity index (χ1n) is 5.45. The van der Waals surface area contributed by atoms with Gasteiger partial charge in [0.1, 0.15) is 0 Å². The van der Waals surface area contributed by atoms with Gasteiger partial charge in [-0.05, 0) is 18.6 Å². The largest absolute Gasteiger partial charge is 0.314 e. The van der Waals surface area contributed by atoms with Crippen molar-refractivity contribution in [3.63, 3.8) is 0 Å². The van der Waals surface area contributed by atoms with Crippen LogP contribution in [-0.4, -0.2) is 30.6 Å². The van der Waals surface area contributed by atoms with E-state index in [0.717, 1.165) is 26.2 Å². The van der Waals surface area contributed by atoms with Crippen LogP contribution in [-0.2, 0) is 6.54 Å². The van der Waals surface area contributed by atoms with Crippen molar-refractivity contribution in [1.29, 1.82) is 0 Å². The molecule has 1 aromatic rings. The summed E-state index contributed by atoms with van der Waals surface area (Å²) in [6.45, 7) is 6.68. The van der Waals surface area contributed by atoms with Crippen molar-refractivity contribution in [3.05, 3.63) is 34.3 Å². The molecule has 0 bridgehead atoms. The molecule has 1 aromatic carbocycles. The van der Waals surface area contributed by atoms with E-state index in [-0.39, 0.29) is 12.4 Å². The molecule has 4 heteroatoms. The van der Waals surface area contributed by atoms with Crippen molar-refractivity contribution in [2.45, 2.75) is 19.5 Å². The van der Waals surface area contributed by atoms with E-state index < -0.39 is 0 Å². The van der Waals surface area contributed by atoms with Crippen LogP contribution >= 0.6 is 28.3 Å². The summed E-state index contributed by atoms with van der Waals surface area (Å²) in [4.78, 5) is 2.52. The van der Waals surface area contributed by atoms with Gasteiger partial charge in [-0.1, -0.05) is 34.1 Å². The molecule has 0 aromatic heterocycles. The third-order valence-electron chi connectivity index (χ3n) is 2.97. The molecule has 0 amide bonds. The number of rotatable bonds is 2. The van der Waals surface area contributed by atoms with Crippen molar-refractivity contribution < 1.29 is 0 Å². The van der Waals surface area contributed by atoms with Gasteiger partial charge in [0.25, 0.3) is 0 Å². The van der Waals surface area contributed by atoms with Gasteiger partial charge >= 0.3 is 0 Å². The van der Waals surface area contributed by atoms with E-state index in [1.165, 1.54) is 10.0 Å². The molecule has 16 heavy (non-hydrogen) atoms. The topological polar surface area (TPSA) is 15.3 Å². The lowest BCUT2D eigenvalue weighted by atomic mass is 10.1. The number of hydrogen-bond donors (Lipinski definition) is 1. The third kappa shape index (κ3) is 3.45. The number of benzene rings is 1. The molecule has 2 rings (SSSR count). The average molecular weight is 306 g/mol. The Morgan fingerprint density at radius 1 is 1.44 bits per heavy atom. The molecule has 1 heterocycles. The van der Waals surface area contributed by atoms with Gasteiger partial charge in [-0.15, -0.1) is 12.4 Å². The number of hydrogen-bond acceptors (Lipinski definition) is 2. The lowest BCUT2D eigenvalue weighted by Crippen LogP contribution is -2.49. The lowest BCUT2D eigenvalue weighted by molar-refractivity contribution is 0.165. The van der Waals surface area contributed by atoms with Gasteiger partial charge in [-0.2, -0.15) is 0 Å². The standard InChI is InChI=1S/C12H17BrN2.ClH/c1-10-8-14-6-7-15(10)9-11-4-2-3-5-12(11)13;/h2-5,10,14H,6-9H2,1H3;1H/t10-;/m0./s1. The number of nitrogens with one attached hydrogen (secondary N) is 1. The highest BCUT2D eigenvalue weighted by Crippen LogP contribution is 2.19. The summed E-state index contributed by atoms with van der Waals surface area (Å²) in [7, 11) is 0. The Hall–Kier alpha value is -0.0900. The summed E-state index contributed by atoms with van der Waals surface area (Å²) in [6.07, 6.45) is 0. The first kappa shape index (κ1) is 14.0. The highest BCUT2D eigenvalue weighted by Gasteiger charge is 2.18. The predicted octanol–water partition coefficient (Wildman–Crippen LogP) is 2.66. The molecule has 0 aliphatic carbocycles. The third-order valence-corrected chi connectivity index (χ3v) is 3.74. The summed E-state index contributed by atoms with van der Waals surface area (Å²) < 4.78 is 1.22. The van der Waals surface area contributed by atoms with E-state index in [0.29, 0.717) is 6.04 Å². The summed E-state index contributed by atoms with van der Waals surface area (Å²) in [5.41, 5.74) is 1.38. The second-order valence-electron chi connectivity index (χ2n) is 4.12. The van der Waals surface area contributed by atoms with Gasteiger partial charge in [0.15, 0.2) is 0 Å². The van der Waals surface area contributed by atoms with Gasteiger partial charge in [-0.25, -0.2) is 0 Å². The molecule has 0 radical (unpaired) electrons. The fraction of sp³-hybridized carbons (Fsp3) is 0.500. The Bertz CT molecular complexity index is 333. The fourth-order valence-electron chi connectivity index (χ4n) is 1.96. The quantitative estimate of drug-likeness (QED) is 0.904. The molecular weight excluding hydrogens is 288 g/mol. The van der Waals surface area contributed by atoms with Crippen molar-refractivity contribution in [2.24, 2.45) is 0 Å². The summed E-state index contributed by atoms with van der Waals surface area (Å²) in [5.74, 6) is 0. The van der Waals surface area contributed by atoms with Crippen LogP contribution in [0.25, 0.3) is 0 Å². The smallest absolute Gasteiger partial charge is 0.0248 e. The van der Waals surface area contributed by atoms with Crippen LogP contribution in [0.2, 0.25) is 0 Å². The average Bonchev–Trinajstić information content (AvgIpc) is 2.24. The second kappa shape index (κ2) is 6.60. The maximum Gasteiger partial charge on any atom is 0.0248 e. The Kier molecular flexibility index (Phi) is 5.76. The second-order valence-corrected chi connectivity index (χ2v) is 4.97. The van der Waals surface area contributed by atoms with E-state index in [1.54, 1.807) is 0 Å². The Morgan fingerprint density at radius 2 is 2.19 bits per heavy atom. The lowest BCUT2D eigenvalue weighted by Gasteiger charge is -2.34. The first-order valence-corrected chi connectivity index (χ1v) is 6.25. The van der Waals surface area contributed by atoms with Crippen LogP contribution in [0.3, 0.4) is 0 Å². The normalized spacial score (nSPS) is 21.5. The van der Waals surface area contributed by atoms with Gasteiger partial charge in [0, 0.05) is 36.7 Å². The number of nitrogens with zero attached hydrogens (tertiary/aromatic N) is 1. The van der Waals surface area contributed by atoms with Crippen molar-refractivity contribution >= 4 is 28.3 Å². The van der Waals surface area contributed by atoms with Crippen LogP contribution in [0, 0.1) is 0 Å². The highest BCUT2D eigenvalue weighted by atomic mass is 79.9. The van der Waals surface area contributed by atoms with E-state index in [9.17, 15) is 0 Å². The van der Waals surface area contributed by atoms with Gasteiger partial charge in [0.05, 0.1) is 0 Å². The van der Waals surface area contributed by atoms with E-state index >= 15 is 0 Å². The summed E-state index contributed by atoms with van der Waals surface area (Å²) in [5, 5.41) is 3.41. The maximum absolute atomic E-state index is 3.60. The SMILES string of the molecule is C[C@H]1CNCCN1Cc1ccccc1Br.Cl. The molecule has 1 saturated heterocycles. The Labute approximate surface area is 112 Å². The molecule has 1 atom stereocenters. The summed E-state index contributed by atoms with van der Waals surface area (Å²) >= 11 is 3.60. The number of halogens is 2. The van der Waals surface area contributed by atoms with E-state index in [4.69, 9.17) is 0 Å². The first-order chi connectivity index (χ1) is 7.27. The Balaban J connectivity index is 0.00000128. The minimum Gasteiger partial charge on any atom is -0.314 e. The molecule has 1 N–H and O–H groups in total. The molecule has 1 fully saturated rings. The predicted molar refractivity (Wildman–Crippen MR) is 74.1 cm³/mol. The van der Waals surface area contributed by atoms with E-state index in [1.807, 2.05) is 0 Å². The van der Waals surface area contributed by atoms with Crippen molar-refractivity contribution in [2.75, 3.05) is 19.6 Å². The summed E-state index contributed by atoms with van der Waals surface area (Å²) in [6, 6.07) is 9.11. The monoisotopic (exact) mass is 304 g/mol. The molecule has 0 unspecified atom stereocenters. The van der Waals surface area contributed by atoms with Crippen LogP contribution in [0.4, 0.5) is 0 Å². The minimum atomic E-state index is 0. The molecule has 1 aliphatic heterocycles. The van der Waals surface area contributed by atoms with Crippen LogP contribution in [0.15, 0.2) is 28.7 Å². The molecule has 2 nitrogen and oxygen atoms in total. The molecule has 0 spiro atoms.